The number of fused-ring (bicyclic) bond motifs is 3. The molecule has 2 aliphatic rings. The summed E-state index contributed by atoms with van der Waals surface area (Å²) in [5.41, 5.74) is 3.87. The first-order chi connectivity index (χ1) is 8.18. The number of benzene rings is 1. The second-order valence-electron chi connectivity index (χ2n) is 5.11. The molecule has 0 bridgehead atoms. The van der Waals surface area contributed by atoms with Crippen LogP contribution >= 0.6 is 0 Å². The van der Waals surface area contributed by atoms with Gasteiger partial charge < -0.3 is 4.90 Å². The molecule has 0 radical (unpaired) electrons. The summed E-state index contributed by atoms with van der Waals surface area (Å²) in [5, 5.41) is 0. The molecule has 1 aromatic rings. The van der Waals surface area contributed by atoms with Gasteiger partial charge in [0.2, 0.25) is 5.91 Å². The third kappa shape index (κ3) is 1.51. The van der Waals surface area contributed by atoms with Gasteiger partial charge in [0, 0.05) is 24.6 Å². The fraction of sp³-hybridized carbons (Fsp3) is 0.400. The van der Waals surface area contributed by atoms with E-state index < -0.39 is 0 Å². The summed E-state index contributed by atoms with van der Waals surface area (Å²) in [4.78, 5) is 13.9. The molecule has 0 spiro atoms. The Morgan fingerprint density at radius 2 is 2.12 bits per heavy atom. The van der Waals surface area contributed by atoms with Gasteiger partial charge in [-0.05, 0) is 31.4 Å². The van der Waals surface area contributed by atoms with Crippen molar-refractivity contribution < 1.29 is 4.79 Å². The van der Waals surface area contributed by atoms with E-state index in [1.165, 1.54) is 11.1 Å². The van der Waals surface area contributed by atoms with Gasteiger partial charge in [-0.2, -0.15) is 0 Å². The normalized spacial score (nSPS) is 26.2. The average Bonchev–Trinajstić information content (AvgIpc) is 2.62. The van der Waals surface area contributed by atoms with Crippen molar-refractivity contribution in [2.45, 2.75) is 38.6 Å². The van der Waals surface area contributed by atoms with Crippen LogP contribution in [-0.2, 0) is 4.79 Å². The van der Waals surface area contributed by atoms with Crippen LogP contribution in [0.25, 0.3) is 0 Å². The van der Waals surface area contributed by atoms with E-state index in [1.54, 1.807) is 6.92 Å². The van der Waals surface area contributed by atoms with Crippen LogP contribution in [0.5, 0.6) is 0 Å². The van der Waals surface area contributed by atoms with Gasteiger partial charge >= 0.3 is 0 Å². The number of rotatable bonds is 0. The molecule has 2 atom stereocenters. The molecular formula is C15H17NO. The van der Waals surface area contributed by atoms with Crippen molar-refractivity contribution in [3.8, 4) is 0 Å². The van der Waals surface area contributed by atoms with Gasteiger partial charge in [0.05, 0.1) is 0 Å². The molecule has 1 heterocycles. The Morgan fingerprint density at radius 3 is 2.88 bits per heavy atom. The standard InChI is InChI=1S/C15H17NO/c1-10-7-8-13-12-5-3-4-6-14(12)16(11(2)17)15(13)9-10/h3-7,13,15H,8-9H2,1-2H3. The zero-order valence-electron chi connectivity index (χ0n) is 10.3. The van der Waals surface area contributed by atoms with Crippen molar-refractivity contribution in [2.24, 2.45) is 0 Å². The van der Waals surface area contributed by atoms with Crippen LogP contribution in [0.15, 0.2) is 35.9 Å². The van der Waals surface area contributed by atoms with E-state index in [0.717, 1.165) is 18.5 Å². The molecule has 1 aliphatic carbocycles. The Bertz CT molecular complexity index is 503. The Labute approximate surface area is 102 Å². The minimum Gasteiger partial charge on any atom is -0.308 e. The molecule has 0 saturated heterocycles. The number of carbonyl (C=O) groups excluding carboxylic acids is 1. The van der Waals surface area contributed by atoms with E-state index in [0.29, 0.717) is 12.0 Å². The maximum atomic E-state index is 11.9. The molecule has 0 fully saturated rings. The fourth-order valence-electron chi connectivity index (χ4n) is 3.25. The molecule has 3 rings (SSSR count). The third-order valence-electron chi connectivity index (χ3n) is 3.98. The number of anilines is 1. The maximum absolute atomic E-state index is 11.9. The van der Waals surface area contributed by atoms with Gasteiger partial charge in [0.15, 0.2) is 0 Å². The van der Waals surface area contributed by atoms with Crippen molar-refractivity contribution in [1.29, 1.82) is 0 Å². The fourth-order valence-corrected chi connectivity index (χ4v) is 3.25. The lowest BCUT2D eigenvalue weighted by Crippen LogP contribution is -2.38. The van der Waals surface area contributed by atoms with Crippen molar-refractivity contribution in [3.63, 3.8) is 0 Å². The number of para-hydroxylation sites is 1. The van der Waals surface area contributed by atoms with Gasteiger partial charge in [-0.15, -0.1) is 0 Å². The van der Waals surface area contributed by atoms with E-state index in [9.17, 15) is 4.79 Å². The number of hydrogen-bond acceptors (Lipinski definition) is 1. The largest absolute Gasteiger partial charge is 0.308 e. The second kappa shape index (κ2) is 3.73. The molecule has 1 aliphatic heterocycles. The molecule has 2 heteroatoms. The van der Waals surface area contributed by atoms with E-state index in [2.05, 4.69) is 31.2 Å². The Morgan fingerprint density at radius 1 is 1.35 bits per heavy atom. The average molecular weight is 227 g/mol. The molecule has 0 aromatic heterocycles. The lowest BCUT2D eigenvalue weighted by molar-refractivity contribution is -0.117. The first-order valence-electron chi connectivity index (χ1n) is 6.23. The van der Waals surface area contributed by atoms with E-state index in [1.807, 2.05) is 11.0 Å². The highest BCUT2D eigenvalue weighted by Gasteiger charge is 2.40. The summed E-state index contributed by atoms with van der Waals surface area (Å²) in [6, 6.07) is 8.68. The summed E-state index contributed by atoms with van der Waals surface area (Å²) >= 11 is 0. The van der Waals surface area contributed by atoms with Crippen LogP contribution in [0.4, 0.5) is 5.69 Å². The molecule has 1 amide bonds. The predicted octanol–water partition coefficient (Wildman–Crippen LogP) is 3.25. The van der Waals surface area contributed by atoms with Crippen LogP contribution in [0.1, 0.15) is 38.2 Å². The van der Waals surface area contributed by atoms with E-state index in [-0.39, 0.29) is 5.91 Å². The van der Waals surface area contributed by atoms with E-state index >= 15 is 0 Å². The smallest absolute Gasteiger partial charge is 0.224 e. The quantitative estimate of drug-likeness (QED) is 0.623. The summed E-state index contributed by atoms with van der Waals surface area (Å²) in [6.45, 7) is 3.84. The number of hydrogen-bond donors (Lipinski definition) is 0. The van der Waals surface area contributed by atoms with Gasteiger partial charge in [-0.3, -0.25) is 4.79 Å². The molecular weight excluding hydrogens is 210 g/mol. The van der Waals surface area contributed by atoms with E-state index in [4.69, 9.17) is 0 Å². The molecule has 1 aromatic carbocycles. The van der Waals surface area contributed by atoms with Crippen LogP contribution < -0.4 is 4.90 Å². The lowest BCUT2D eigenvalue weighted by atomic mass is 9.83. The summed E-state index contributed by atoms with van der Waals surface area (Å²) in [7, 11) is 0. The number of amides is 1. The van der Waals surface area contributed by atoms with Gasteiger partial charge in [-0.1, -0.05) is 29.8 Å². The van der Waals surface area contributed by atoms with Crippen molar-refractivity contribution >= 4 is 11.6 Å². The van der Waals surface area contributed by atoms with Gasteiger partial charge in [-0.25, -0.2) is 0 Å². The molecule has 88 valence electrons. The molecule has 0 saturated carbocycles. The highest BCUT2D eigenvalue weighted by Crippen LogP contribution is 2.47. The second-order valence-corrected chi connectivity index (χ2v) is 5.11. The SMILES string of the molecule is CC(=O)N1c2ccccc2C2CC=C(C)CC21. The zero-order chi connectivity index (χ0) is 12.0. The highest BCUT2D eigenvalue weighted by molar-refractivity contribution is 5.95. The summed E-state index contributed by atoms with van der Waals surface area (Å²) in [6.07, 6.45) is 4.40. The molecule has 0 N–H and O–H groups in total. The minimum atomic E-state index is 0.166. The molecule has 2 unspecified atom stereocenters. The van der Waals surface area contributed by atoms with Crippen LogP contribution in [0.3, 0.4) is 0 Å². The van der Waals surface area contributed by atoms with Crippen LogP contribution in [0.2, 0.25) is 0 Å². The highest BCUT2D eigenvalue weighted by atomic mass is 16.2. The molecule has 2 nitrogen and oxygen atoms in total. The van der Waals surface area contributed by atoms with Crippen LogP contribution in [-0.4, -0.2) is 11.9 Å². The van der Waals surface area contributed by atoms with Crippen LogP contribution in [0, 0.1) is 0 Å². The first-order valence-corrected chi connectivity index (χ1v) is 6.23. The summed E-state index contributed by atoms with van der Waals surface area (Å²) in [5.74, 6) is 0.665. The Balaban J connectivity index is 2.10. The topological polar surface area (TPSA) is 20.3 Å². The molecule has 17 heavy (non-hydrogen) atoms. The Kier molecular flexibility index (Phi) is 2.32. The number of nitrogens with zero attached hydrogens (tertiary/aromatic N) is 1. The zero-order valence-corrected chi connectivity index (χ0v) is 10.3. The predicted molar refractivity (Wildman–Crippen MR) is 69.1 cm³/mol. The van der Waals surface area contributed by atoms with Gasteiger partial charge in [0.1, 0.15) is 0 Å². The maximum Gasteiger partial charge on any atom is 0.224 e. The first kappa shape index (κ1) is 10.6. The van der Waals surface area contributed by atoms with Gasteiger partial charge in [0.25, 0.3) is 0 Å². The number of allylic oxidation sites excluding steroid dienone is 1. The third-order valence-corrected chi connectivity index (χ3v) is 3.98. The van der Waals surface area contributed by atoms with Crippen molar-refractivity contribution in [1.82, 2.24) is 0 Å². The lowest BCUT2D eigenvalue weighted by Gasteiger charge is -2.30. The number of carbonyl (C=O) groups is 1. The Hall–Kier alpha value is -1.57. The van der Waals surface area contributed by atoms with Crippen molar-refractivity contribution in [3.05, 3.63) is 41.5 Å². The minimum absolute atomic E-state index is 0.166. The monoisotopic (exact) mass is 227 g/mol. The van der Waals surface area contributed by atoms with Crippen molar-refractivity contribution in [2.75, 3.05) is 4.90 Å². The summed E-state index contributed by atoms with van der Waals surface area (Å²) < 4.78 is 0.